The predicted octanol–water partition coefficient (Wildman–Crippen LogP) is 1.26. The highest BCUT2D eigenvalue weighted by molar-refractivity contribution is 6.03. The Kier molecular flexibility index (Phi) is 8.38. The van der Waals surface area contributed by atoms with Gasteiger partial charge in [-0.05, 0) is 42.3 Å². The van der Waals surface area contributed by atoms with Crippen molar-refractivity contribution in [3.63, 3.8) is 0 Å². The van der Waals surface area contributed by atoms with Crippen LogP contribution in [0.3, 0.4) is 0 Å². The average molecular weight is 429 g/mol. The first kappa shape index (κ1) is 23.2. The van der Waals surface area contributed by atoms with Crippen molar-refractivity contribution in [3.05, 3.63) is 64.7 Å². The smallest absolute Gasteiger partial charge is 0.252 e. The number of carbonyl (C=O) groups is 5. The maximum absolute atomic E-state index is 12.6. The predicted molar refractivity (Wildman–Crippen MR) is 107 cm³/mol. The molecule has 0 spiro atoms. The van der Waals surface area contributed by atoms with Gasteiger partial charge in [-0.25, -0.2) is 0 Å². The van der Waals surface area contributed by atoms with E-state index in [-0.39, 0.29) is 41.8 Å². The van der Waals surface area contributed by atoms with E-state index in [1.807, 2.05) is 0 Å². The van der Waals surface area contributed by atoms with E-state index in [9.17, 15) is 28.5 Å². The molecule has 10 heteroatoms. The topological polar surface area (TPSA) is 145 Å². The second-order valence-electron chi connectivity index (χ2n) is 6.50. The Balaban J connectivity index is 2.12. The summed E-state index contributed by atoms with van der Waals surface area (Å²) >= 11 is 0. The minimum atomic E-state index is -1.07. The molecular weight excluding hydrogens is 409 g/mol. The first-order valence-corrected chi connectivity index (χ1v) is 9.18. The van der Waals surface area contributed by atoms with Crippen molar-refractivity contribution in [1.82, 2.24) is 10.6 Å². The fourth-order valence-electron chi connectivity index (χ4n) is 2.71. The lowest BCUT2D eigenvalue weighted by Gasteiger charge is -2.16. The molecule has 0 bridgehead atoms. The molecule has 0 aliphatic rings. The summed E-state index contributed by atoms with van der Waals surface area (Å²) in [5.41, 5.74) is 6.09. The zero-order valence-electron chi connectivity index (χ0n) is 16.3. The van der Waals surface area contributed by atoms with Crippen LogP contribution in [-0.4, -0.2) is 36.3 Å². The van der Waals surface area contributed by atoms with Crippen LogP contribution < -0.4 is 21.3 Å². The number of rotatable bonds is 11. The van der Waals surface area contributed by atoms with E-state index in [1.165, 1.54) is 36.4 Å². The summed E-state index contributed by atoms with van der Waals surface area (Å²) in [5.74, 6) is -2.01. The molecule has 9 nitrogen and oxygen atoms in total. The molecule has 0 fully saturated rings. The molecule has 31 heavy (non-hydrogen) atoms. The van der Waals surface area contributed by atoms with Gasteiger partial charge in [-0.1, -0.05) is 12.1 Å². The van der Waals surface area contributed by atoms with Gasteiger partial charge >= 0.3 is 0 Å². The van der Waals surface area contributed by atoms with Crippen LogP contribution in [0.1, 0.15) is 49.5 Å². The molecule has 0 aliphatic heterocycles. The highest BCUT2D eigenvalue weighted by Crippen LogP contribution is 2.14. The monoisotopic (exact) mass is 429 g/mol. The standard InChI is InChI=1S/C21H20FN3O6/c22-31-16-7-5-14(6-8-16)20(29)24-11-13-3-4-15(12-27)17(10-13)21(30)25-18(19(23)28)2-1-9-26/h3-10,12,18H,1-2,11H2,(H2,23,28)(H,24,29)(H,25,30). The first-order chi connectivity index (χ1) is 14.9. The largest absolute Gasteiger partial charge is 0.368 e. The summed E-state index contributed by atoms with van der Waals surface area (Å²) in [7, 11) is 0. The maximum Gasteiger partial charge on any atom is 0.252 e. The molecule has 0 heterocycles. The molecular formula is C21H20FN3O6. The number of hydrogen-bond donors (Lipinski definition) is 3. The van der Waals surface area contributed by atoms with E-state index < -0.39 is 23.8 Å². The van der Waals surface area contributed by atoms with E-state index in [1.54, 1.807) is 6.07 Å². The summed E-state index contributed by atoms with van der Waals surface area (Å²) in [4.78, 5) is 61.7. The second kappa shape index (κ2) is 11.2. The van der Waals surface area contributed by atoms with Gasteiger partial charge < -0.3 is 21.2 Å². The molecule has 2 aromatic rings. The van der Waals surface area contributed by atoms with Gasteiger partial charge in [0.2, 0.25) is 5.91 Å². The van der Waals surface area contributed by atoms with Gasteiger partial charge in [-0.2, -0.15) is 0 Å². The van der Waals surface area contributed by atoms with Crippen molar-refractivity contribution >= 4 is 30.3 Å². The summed E-state index contributed by atoms with van der Waals surface area (Å²) < 4.78 is 12.1. The zero-order chi connectivity index (χ0) is 22.8. The molecule has 2 aromatic carbocycles. The summed E-state index contributed by atoms with van der Waals surface area (Å²) in [6, 6.07) is 8.62. The number of halogens is 1. The van der Waals surface area contributed by atoms with Crippen molar-refractivity contribution < 1.29 is 33.4 Å². The van der Waals surface area contributed by atoms with Gasteiger partial charge in [0.1, 0.15) is 12.3 Å². The highest BCUT2D eigenvalue weighted by Gasteiger charge is 2.20. The molecule has 0 saturated carbocycles. The molecule has 4 N–H and O–H groups in total. The van der Waals surface area contributed by atoms with Crippen LogP contribution in [0.25, 0.3) is 0 Å². The van der Waals surface area contributed by atoms with Crippen LogP contribution in [-0.2, 0) is 16.1 Å². The summed E-state index contributed by atoms with van der Waals surface area (Å²) in [5, 5.41) is 5.05. The minimum absolute atomic E-state index is 0.0106. The van der Waals surface area contributed by atoms with E-state index >= 15 is 0 Å². The van der Waals surface area contributed by atoms with Crippen LogP contribution in [0.5, 0.6) is 5.75 Å². The molecule has 0 saturated heterocycles. The van der Waals surface area contributed by atoms with Crippen LogP contribution in [0.15, 0.2) is 42.5 Å². The van der Waals surface area contributed by atoms with Gasteiger partial charge in [0.15, 0.2) is 12.0 Å². The van der Waals surface area contributed by atoms with E-state index in [2.05, 4.69) is 15.6 Å². The van der Waals surface area contributed by atoms with Crippen LogP contribution in [0, 0.1) is 0 Å². The number of aldehydes is 2. The lowest BCUT2D eigenvalue weighted by molar-refractivity contribution is -0.120. The zero-order valence-corrected chi connectivity index (χ0v) is 16.3. The Bertz CT molecular complexity index is 978. The number of amides is 3. The number of carbonyl (C=O) groups excluding carboxylic acids is 5. The number of primary amides is 1. The highest BCUT2D eigenvalue weighted by atomic mass is 19.3. The Morgan fingerprint density at radius 2 is 1.77 bits per heavy atom. The minimum Gasteiger partial charge on any atom is -0.368 e. The van der Waals surface area contributed by atoms with Crippen LogP contribution >= 0.6 is 0 Å². The average Bonchev–Trinajstić information content (AvgIpc) is 2.79. The van der Waals surface area contributed by atoms with Crippen LogP contribution in [0.2, 0.25) is 0 Å². The number of nitrogens with one attached hydrogen (secondary N) is 2. The van der Waals surface area contributed by atoms with Gasteiger partial charge in [-0.15, -0.1) is 0 Å². The molecule has 162 valence electrons. The van der Waals surface area contributed by atoms with Crippen molar-refractivity contribution in [1.29, 1.82) is 0 Å². The molecule has 0 radical (unpaired) electrons. The normalized spacial score (nSPS) is 11.1. The van der Waals surface area contributed by atoms with Gasteiger partial charge in [0, 0.05) is 28.6 Å². The third-order valence-electron chi connectivity index (χ3n) is 4.37. The second-order valence-corrected chi connectivity index (χ2v) is 6.50. The van der Waals surface area contributed by atoms with Crippen molar-refractivity contribution in [2.24, 2.45) is 5.73 Å². The Morgan fingerprint density at radius 3 is 2.35 bits per heavy atom. The van der Waals surface area contributed by atoms with Crippen molar-refractivity contribution in [2.45, 2.75) is 25.4 Å². The molecule has 2 rings (SSSR count). The quantitative estimate of drug-likeness (QED) is 0.459. The molecule has 1 atom stereocenters. The number of nitrogens with two attached hydrogens (primary N) is 1. The molecule has 3 amide bonds. The number of benzene rings is 2. The summed E-state index contributed by atoms with van der Waals surface area (Å²) in [6.45, 7) is 0.0317. The lowest BCUT2D eigenvalue weighted by Crippen LogP contribution is -2.44. The summed E-state index contributed by atoms with van der Waals surface area (Å²) in [6.07, 6.45) is 1.14. The number of hydrogen-bond acceptors (Lipinski definition) is 6. The van der Waals surface area contributed by atoms with Gasteiger partial charge in [0.05, 0.1) is 5.56 Å². The first-order valence-electron chi connectivity index (χ1n) is 9.18. The van der Waals surface area contributed by atoms with Gasteiger partial charge in [-0.3, -0.25) is 24.1 Å². The molecule has 0 aromatic heterocycles. The van der Waals surface area contributed by atoms with Crippen molar-refractivity contribution in [3.8, 4) is 5.75 Å². The van der Waals surface area contributed by atoms with E-state index in [0.717, 1.165) is 0 Å². The Hall–Kier alpha value is -4.08. The third-order valence-corrected chi connectivity index (χ3v) is 4.37. The fraction of sp³-hybridized carbons (Fsp3) is 0.190. The maximum atomic E-state index is 12.6. The Morgan fingerprint density at radius 1 is 1.06 bits per heavy atom. The van der Waals surface area contributed by atoms with E-state index in [0.29, 0.717) is 18.1 Å². The fourth-order valence-corrected chi connectivity index (χ4v) is 2.71. The Labute approximate surface area is 176 Å². The lowest BCUT2D eigenvalue weighted by atomic mass is 10.0. The molecule has 0 aliphatic carbocycles. The molecule has 1 unspecified atom stereocenters. The van der Waals surface area contributed by atoms with Crippen molar-refractivity contribution in [2.75, 3.05) is 0 Å². The third kappa shape index (κ3) is 6.46. The SMILES string of the molecule is NC(=O)C(CCC=O)NC(=O)c1cc(CNC(=O)c2ccc(OF)cc2)ccc1C=O. The van der Waals surface area contributed by atoms with E-state index in [4.69, 9.17) is 5.73 Å². The van der Waals surface area contributed by atoms with Crippen LogP contribution in [0.4, 0.5) is 4.53 Å². The van der Waals surface area contributed by atoms with Gasteiger partial charge in [0.25, 0.3) is 11.8 Å².